The summed E-state index contributed by atoms with van der Waals surface area (Å²) in [5.41, 5.74) is -2.66. The lowest BCUT2D eigenvalue weighted by Gasteiger charge is -2.30. The first-order valence-electron chi connectivity index (χ1n) is 6.95. The van der Waals surface area contributed by atoms with E-state index in [0.717, 1.165) is 0 Å². The third kappa shape index (κ3) is 7.20. The van der Waals surface area contributed by atoms with Crippen LogP contribution in [0.5, 0.6) is 0 Å². The fourth-order valence-electron chi connectivity index (χ4n) is 1.63. The molecule has 0 aromatic rings. The molecule has 0 rings (SSSR count). The van der Waals surface area contributed by atoms with Gasteiger partial charge in [-0.2, -0.15) is 0 Å². The average molecular weight is 286 g/mol. The molecular formula is C16H30O4. The van der Waals surface area contributed by atoms with E-state index in [-0.39, 0.29) is 0 Å². The Morgan fingerprint density at radius 3 is 2.20 bits per heavy atom. The Hall–Kier alpha value is -0.680. The molecule has 0 fully saturated rings. The first kappa shape index (κ1) is 19.3. The van der Waals surface area contributed by atoms with Gasteiger partial charge in [-0.25, -0.2) is 0 Å². The topological polar surface area (TPSA) is 69.9 Å². The molecule has 3 atom stereocenters. The molecule has 0 aromatic heterocycles. The number of methoxy groups -OCH3 is 1. The highest BCUT2D eigenvalue weighted by Crippen LogP contribution is 2.24. The largest absolute Gasteiger partial charge is 0.390 e. The molecule has 4 nitrogen and oxygen atoms in total. The summed E-state index contributed by atoms with van der Waals surface area (Å²) in [6.07, 6.45) is 5.15. The first-order chi connectivity index (χ1) is 8.96. The maximum atomic E-state index is 10.3. The minimum atomic E-state index is -1.24. The van der Waals surface area contributed by atoms with Gasteiger partial charge in [0.15, 0.2) is 0 Å². The zero-order valence-corrected chi connectivity index (χ0v) is 13.4. The second-order valence-electron chi connectivity index (χ2n) is 6.39. The van der Waals surface area contributed by atoms with E-state index in [1.54, 1.807) is 27.0 Å². The fourth-order valence-corrected chi connectivity index (χ4v) is 1.63. The second kappa shape index (κ2) is 7.36. The van der Waals surface area contributed by atoms with Gasteiger partial charge in [-0.3, -0.25) is 0 Å². The third-order valence-corrected chi connectivity index (χ3v) is 3.66. The monoisotopic (exact) mass is 286 g/mol. The molecule has 0 heterocycles. The Labute approximate surface area is 122 Å². The van der Waals surface area contributed by atoms with Gasteiger partial charge in [0.05, 0.1) is 22.9 Å². The number of aliphatic hydroxyl groups is 3. The molecule has 0 radical (unpaired) electrons. The lowest BCUT2D eigenvalue weighted by molar-refractivity contribution is -0.0697. The van der Waals surface area contributed by atoms with Gasteiger partial charge in [0.25, 0.3) is 0 Å². The summed E-state index contributed by atoms with van der Waals surface area (Å²) in [5, 5.41) is 30.1. The van der Waals surface area contributed by atoms with Crippen LogP contribution in [0.2, 0.25) is 0 Å². The Balaban J connectivity index is 4.45. The lowest BCUT2D eigenvalue weighted by atomic mass is 9.88. The van der Waals surface area contributed by atoms with Gasteiger partial charge in [-0.15, -0.1) is 6.58 Å². The predicted molar refractivity (Wildman–Crippen MR) is 81.5 cm³/mol. The molecule has 0 bridgehead atoms. The molecule has 0 saturated carbocycles. The summed E-state index contributed by atoms with van der Waals surface area (Å²) in [5.74, 6) is 0. The minimum absolute atomic E-state index is 0.299. The summed E-state index contributed by atoms with van der Waals surface area (Å²) in [6, 6.07) is 0. The first-order valence-corrected chi connectivity index (χ1v) is 6.95. The van der Waals surface area contributed by atoms with E-state index in [9.17, 15) is 15.3 Å². The van der Waals surface area contributed by atoms with E-state index in [2.05, 4.69) is 6.58 Å². The summed E-state index contributed by atoms with van der Waals surface area (Å²) in [7, 11) is 1.62. The van der Waals surface area contributed by atoms with Crippen LogP contribution in [0.3, 0.4) is 0 Å². The van der Waals surface area contributed by atoms with Crippen molar-refractivity contribution < 1.29 is 20.1 Å². The van der Waals surface area contributed by atoms with Crippen LogP contribution in [0.25, 0.3) is 0 Å². The smallest absolute Gasteiger partial charge is 0.0911 e. The Morgan fingerprint density at radius 1 is 1.20 bits per heavy atom. The molecule has 2 unspecified atom stereocenters. The van der Waals surface area contributed by atoms with Crippen molar-refractivity contribution in [3.8, 4) is 0 Å². The Morgan fingerprint density at radius 2 is 1.75 bits per heavy atom. The number of hydrogen-bond acceptors (Lipinski definition) is 4. The van der Waals surface area contributed by atoms with E-state index in [1.165, 1.54) is 6.08 Å². The maximum absolute atomic E-state index is 10.3. The quantitative estimate of drug-likeness (QED) is 0.568. The number of ether oxygens (including phenoxy) is 1. The van der Waals surface area contributed by atoms with Gasteiger partial charge in [0.2, 0.25) is 0 Å². The van der Waals surface area contributed by atoms with Crippen molar-refractivity contribution in [2.45, 2.75) is 69.9 Å². The van der Waals surface area contributed by atoms with Crippen LogP contribution >= 0.6 is 0 Å². The van der Waals surface area contributed by atoms with Crippen LogP contribution in [0.4, 0.5) is 0 Å². The minimum Gasteiger partial charge on any atom is -0.390 e. The van der Waals surface area contributed by atoms with Crippen molar-refractivity contribution in [2.24, 2.45) is 0 Å². The molecule has 0 aliphatic rings. The summed E-state index contributed by atoms with van der Waals surface area (Å²) in [4.78, 5) is 0. The Kier molecular flexibility index (Phi) is 7.11. The molecule has 20 heavy (non-hydrogen) atoms. The molecule has 0 spiro atoms. The molecule has 118 valence electrons. The molecule has 0 aliphatic heterocycles. The molecule has 0 amide bonds. The van der Waals surface area contributed by atoms with E-state index in [0.29, 0.717) is 19.3 Å². The molecule has 0 aromatic carbocycles. The van der Waals surface area contributed by atoms with Crippen molar-refractivity contribution in [1.29, 1.82) is 0 Å². The number of rotatable bonds is 9. The predicted octanol–water partition coefficient (Wildman–Crippen LogP) is 2.19. The molecule has 0 aliphatic carbocycles. The van der Waals surface area contributed by atoms with Crippen LogP contribution in [0.15, 0.2) is 24.8 Å². The zero-order chi connectivity index (χ0) is 16.0. The van der Waals surface area contributed by atoms with Crippen molar-refractivity contribution in [3.63, 3.8) is 0 Å². The van der Waals surface area contributed by atoms with Gasteiger partial charge in [-0.1, -0.05) is 18.2 Å². The normalized spacial score (nSPS) is 20.4. The van der Waals surface area contributed by atoms with Crippen LogP contribution in [-0.2, 0) is 4.74 Å². The highest BCUT2D eigenvalue weighted by Gasteiger charge is 2.30. The number of aliphatic hydroxyl groups excluding tert-OH is 1. The second-order valence-corrected chi connectivity index (χ2v) is 6.39. The Bertz CT molecular complexity index is 329. The molecule has 3 N–H and O–H groups in total. The van der Waals surface area contributed by atoms with Gasteiger partial charge in [0, 0.05) is 7.11 Å². The SMILES string of the molecule is C=CC(C)(O)CC[C@@H](O)C(C)(O)C/C=C/C(C)(C)OC. The van der Waals surface area contributed by atoms with Crippen molar-refractivity contribution >= 4 is 0 Å². The van der Waals surface area contributed by atoms with Gasteiger partial charge in [0.1, 0.15) is 0 Å². The summed E-state index contributed by atoms with van der Waals surface area (Å²) < 4.78 is 5.24. The standard InChI is InChI=1S/C16H30O4/c1-7-15(4,18)12-9-13(17)16(5,19)11-8-10-14(2,3)20-6/h7-8,10,13,17-19H,1,9,11-12H2,2-6H3/b10-8+/t13-,15?,16?/m1/s1. The molecule has 4 heteroatoms. The van der Waals surface area contributed by atoms with Gasteiger partial charge >= 0.3 is 0 Å². The average Bonchev–Trinajstić information content (AvgIpc) is 2.35. The van der Waals surface area contributed by atoms with E-state index in [1.807, 2.05) is 19.9 Å². The van der Waals surface area contributed by atoms with Gasteiger partial charge in [-0.05, 0) is 47.0 Å². The number of hydrogen-bond donors (Lipinski definition) is 3. The van der Waals surface area contributed by atoms with Crippen LogP contribution in [-0.4, -0.2) is 45.3 Å². The van der Waals surface area contributed by atoms with Gasteiger partial charge < -0.3 is 20.1 Å². The highest BCUT2D eigenvalue weighted by molar-refractivity contribution is 5.01. The fraction of sp³-hybridized carbons (Fsp3) is 0.750. The highest BCUT2D eigenvalue weighted by atomic mass is 16.5. The zero-order valence-electron chi connectivity index (χ0n) is 13.4. The van der Waals surface area contributed by atoms with Crippen LogP contribution in [0.1, 0.15) is 47.0 Å². The summed E-state index contributed by atoms with van der Waals surface area (Å²) >= 11 is 0. The molecular weight excluding hydrogens is 256 g/mol. The van der Waals surface area contributed by atoms with Crippen LogP contribution in [0, 0.1) is 0 Å². The van der Waals surface area contributed by atoms with Crippen molar-refractivity contribution in [1.82, 2.24) is 0 Å². The van der Waals surface area contributed by atoms with Crippen molar-refractivity contribution in [3.05, 3.63) is 24.8 Å². The lowest BCUT2D eigenvalue weighted by Crippen LogP contribution is -2.40. The van der Waals surface area contributed by atoms with Crippen molar-refractivity contribution in [2.75, 3.05) is 7.11 Å². The van der Waals surface area contributed by atoms with E-state index >= 15 is 0 Å². The maximum Gasteiger partial charge on any atom is 0.0911 e. The summed E-state index contributed by atoms with van der Waals surface area (Å²) in [6.45, 7) is 10.6. The molecule has 0 saturated heterocycles. The van der Waals surface area contributed by atoms with Crippen LogP contribution < -0.4 is 0 Å². The van der Waals surface area contributed by atoms with E-state index in [4.69, 9.17) is 4.74 Å². The van der Waals surface area contributed by atoms with E-state index < -0.39 is 22.9 Å². The third-order valence-electron chi connectivity index (χ3n) is 3.66.